The fourth-order valence-electron chi connectivity index (χ4n) is 4.42. The molecule has 6 atom stereocenters. The molecule has 1 rings (SSSR count). The van der Waals surface area contributed by atoms with E-state index >= 15 is 0 Å². The minimum atomic E-state index is -1.90. The molecule has 0 aliphatic carbocycles. The molecule has 0 aromatic carbocycles. The largest absolute Gasteiger partial charge is 0.466 e. The minimum absolute atomic E-state index is 0.275. The Bertz CT molecular complexity index is 985. The summed E-state index contributed by atoms with van der Waals surface area (Å²) in [6.45, 7) is 9.32. The molecule has 1 fully saturated rings. The number of rotatable bonds is 11. The van der Waals surface area contributed by atoms with Crippen molar-refractivity contribution in [2.75, 3.05) is 13.7 Å². The summed E-state index contributed by atoms with van der Waals surface area (Å²) in [5, 5.41) is -0.275. The second kappa shape index (κ2) is 15.0. The molecule has 0 radical (unpaired) electrons. The number of imide groups is 1. The van der Waals surface area contributed by atoms with Crippen LogP contribution < -0.4 is 0 Å². The molecule has 226 valence electrons. The van der Waals surface area contributed by atoms with Crippen molar-refractivity contribution in [2.45, 2.75) is 102 Å². The maximum absolute atomic E-state index is 13.2. The third-order valence-electron chi connectivity index (χ3n) is 5.49. The van der Waals surface area contributed by atoms with E-state index in [-0.39, 0.29) is 11.7 Å². The highest BCUT2D eigenvalue weighted by Crippen LogP contribution is 2.45. The molecular weight excluding hydrogens is 554 g/mol. The Kier molecular flexibility index (Phi) is 13.0. The van der Waals surface area contributed by atoms with Crippen LogP contribution in [0.5, 0.6) is 0 Å². The molecule has 2 amide bonds. The molecule has 0 spiro atoms. The molecule has 0 N–H and O–H groups in total. The van der Waals surface area contributed by atoms with Gasteiger partial charge in [-0.25, -0.2) is 4.79 Å². The predicted molar refractivity (Wildman–Crippen MR) is 137 cm³/mol. The van der Waals surface area contributed by atoms with Crippen molar-refractivity contribution >= 4 is 53.4 Å². The van der Waals surface area contributed by atoms with Gasteiger partial charge in [0, 0.05) is 53.2 Å². The summed E-state index contributed by atoms with van der Waals surface area (Å²) in [4.78, 5) is 85.7. The number of hydrogen-bond donors (Lipinski definition) is 0. The topological polar surface area (TPSA) is 178 Å². The number of esters is 5. The van der Waals surface area contributed by atoms with E-state index in [2.05, 4.69) is 0 Å². The van der Waals surface area contributed by atoms with Crippen molar-refractivity contribution in [1.82, 2.24) is 4.90 Å². The highest BCUT2D eigenvalue weighted by molar-refractivity contribution is 8.01. The van der Waals surface area contributed by atoms with Crippen molar-refractivity contribution in [1.29, 1.82) is 0 Å². The van der Waals surface area contributed by atoms with Crippen molar-refractivity contribution in [3.63, 3.8) is 0 Å². The van der Waals surface area contributed by atoms with E-state index in [1.165, 1.54) is 0 Å². The van der Waals surface area contributed by atoms with Gasteiger partial charge in [0.15, 0.2) is 12.2 Å². The predicted octanol–water partition coefficient (Wildman–Crippen LogP) is 0.908. The van der Waals surface area contributed by atoms with Crippen molar-refractivity contribution in [3.05, 3.63) is 0 Å². The van der Waals surface area contributed by atoms with Gasteiger partial charge in [-0.05, 0) is 0 Å². The van der Waals surface area contributed by atoms with Gasteiger partial charge >= 0.3 is 29.8 Å². The Balaban J connectivity index is 4.06. The second-order valence-corrected chi connectivity index (χ2v) is 11.1. The zero-order valence-corrected chi connectivity index (χ0v) is 24.9. The number of carbonyl (C=O) groups excluding carboxylic acids is 7. The number of amides is 2. The normalized spacial score (nSPS) is 23.7. The Morgan fingerprint density at radius 2 is 1.43 bits per heavy atom. The number of hydrogen-bond acceptors (Lipinski definition) is 14. The number of carbonyl (C=O) groups is 7. The Hall–Kier alpha value is -3.20. The van der Waals surface area contributed by atoms with E-state index in [1.54, 1.807) is 13.8 Å². The highest BCUT2D eigenvalue weighted by Gasteiger charge is 2.60. The van der Waals surface area contributed by atoms with E-state index in [4.69, 9.17) is 28.4 Å². The third kappa shape index (κ3) is 9.47. The van der Waals surface area contributed by atoms with Gasteiger partial charge in [0.2, 0.25) is 16.7 Å². The first kappa shape index (κ1) is 34.8. The van der Waals surface area contributed by atoms with Crippen molar-refractivity contribution < 1.29 is 62.0 Å². The van der Waals surface area contributed by atoms with Crippen molar-refractivity contribution in [3.8, 4) is 0 Å². The number of thioether (sulfide) groups is 1. The molecule has 0 bridgehead atoms. The molecule has 0 aromatic rings. The zero-order chi connectivity index (χ0) is 30.9. The summed E-state index contributed by atoms with van der Waals surface area (Å²) in [7, 11) is 1.11. The maximum Gasteiger partial charge on any atom is 0.349 e. The van der Waals surface area contributed by atoms with E-state index < -0.39 is 83.7 Å². The van der Waals surface area contributed by atoms with Gasteiger partial charge in [-0.3, -0.25) is 33.7 Å². The van der Waals surface area contributed by atoms with E-state index in [9.17, 15) is 33.6 Å². The fourth-order valence-corrected chi connectivity index (χ4v) is 5.79. The molecular formula is C25H37NO13S. The summed E-state index contributed by atoms with van der Waals surface area (Å²) in [5.74, 6) is -5.78. The maximum atomic E-state index is 13.2. The van der Waals surface area contributed by atoms with Crippen LogP contribution in [0.4, 0.5) is 0 Å². The van der Waals surface area contributed by atoms with Crippen LogP contribution in [0.2, 0.25) is 0 Å². The molecule has 1 aliphatic rings. The lowest BCUT2D eigenvalue weighted by Crippen LogP contribution is -2.69. The van der Waals surface area contributed by atoms with Crippen LogP contribution in [0.15, 0.2) is 0 Å². The zero-order valence-electron chi connectivity index (χ0n) is 24.0. The molecule has 0 unspecified atom stereocenters. The van der Waals surface area contributed by atoms with Gasteiger partial charge < -0.3 is 28.4 Å². The average molecular weight is 592 g/mol. The molecule has 1 aliphatic heterocycles. The van der Waals surface area contributed by atoms with Crippen LogP contribution in [0.25, 0.3) is 0 Å². The first-order chi connectivity index (χ1) is 18.4. The van der Waals surface area contributed by atoms with Gasteiger partial charge in [-0.2, -0.15) is 0 Å². The fraction of sp³-hybridized carbons (Fsp3) is 0.720. The van der Waals surface area contributed by atoms with Gasteiger partial charge in [-0.1, -0.05) is 13.8 Å². The van der Waals surface area contributed by atoms with Gasteiger partial charge in [0.25, 0.3) is 0 Å². The summed E-state index contributed by atoms with van der Waals surface area (Å²) >= 11 is 0.991. The van der Waals surface area contributed by atoms with E-state index in [0.717, 1.165) is 65.3 Å². The van der Waals surface area contributed by atoms with Crippen molar-refractivity contribution in [2.24, 2.45) is 0 Å². The molecule has 15 heteroatoms. The van der Waals surface area contributed by atoms with Crippen LogP contribution in [0.1, 0.15) is 61.8 Å². The first-order valence-electron chi connectivity index (χ1n) is 12.3. The van der Waals surface area contributed by atoms with Gasteiger partial charge in [-0.15, -0.1) is 11.8 Å². The standard InChI is InChI=1S/C25H37NO13S/c1-12(2)40-25(24(33)34-9)10-19(36-16(6)30)21(26(13(3)27)14(4)28)23(39-25)22(38-18(8)32)20(37-17(7)31)11-35-15(5)29/h12,19-23H,10-11H2,1-9H3/t19-,20+,21+,22+,23+,25-/m0/s1. The van der Waals surface area contributed by atoms with Gasteiger partial charge in [0.1, 0.15) is 24.9 Å². The molecule has 40 heavy (non-hydrogen) atoms. The highest BCUT2D eigenvalue weighted by atomic mass is 32.2. The molecule has 0 saturated carbocycles. The smallest absolute Gasteiger partial charge is 0.349 e. The molecule has 14 nitrogen and oxygen atoms in total. The number of methoxy groups -OCH3 is 1. The molecule has 0 aromatic heterocycles. The first-order valence-corrected chi connectivity index (χ1v) is 13.2. The van der Waals surface area contributed by atoms with Crippen LogP contribution >= 0.6 is 11.8 Å². The van der Waals surface area contributed by atoms with Crippen LogP contribution in [0.3, 0.4) is 0 Å². The lowest BCUT2D eigenvalue weighted by molar-refractivity contribution is -0.233. The van der Waals surface area contributed by atoms with E-state index in [1.807, 2.05) is 0 Å². The summed E-state index contributed by atoms with van der Waals surface area (Å²) < 4.78 is 32.7. The minimum Gasteiger partial charge on any atom is -0.466 e. The SMILES string of the molecule is COC(=O)[C@@]1(SC(C)C)C[C@H](OC(C)=O)[C@@H](N(C(C)=O)C(C)=O)[C@H]([C@H](OC(C)=O)[C@@H](COC(C)=O)OC(C)=O)O1. The Morgan fingerprint density at radius 3 is 1.82 bits per heavy atom. The number of nitrogens with zero attached hydrogens (tertiary/aromatic N) is 1. The van der Waals surface area contributed by atoms with Gasteiger partial charge in [0.05, 0.1) is 7.11 Å². The lowest BCUT2D eigenvalue weighted by atomic mass is 9.88. The average Bonchev–Trinajstić information content (AvgIpc) is 2.79. The quantitative estimate of drug-likeness (QED) is 0.244. The molecule has 1 saturated heterocycles. The summed E-state index contributed by atoms with van der Waals surface area (Å²) in [6, 6.07) is -1.48. The lowest BCUT2D eigenvalue weighted by Gasteiger charge is -2.51. The summed E-state index contributed by atoms with van der Waals surface area (Å²) in [5.41, 5.74) is 0. The molecule has 1 heterocycles. The Labute approximate surface area is 236 Å². The third-order valence-corrected chi connectivity index (χ3v) is 6.77. The van der Waals surface area contributed by atoms with Crippen LogP contribution in [-0.4, -0.2) is 101 Å². The van der Waals surface area contributed by atoms with E-state index in [0.29, 0.717) is 0 Å². The Morgan fingerprint density at radius 1 is 0.875 bits per heavy atom. The second-order valence-electron chi connectivity index (χ2n) is 9.27. The number of ether oxygens (including phenoxy) is 6. The van der Waals surface area contributed by atoms with Crippen LogP contribution in [0, 0.1) is 0 Å². The van der Waals surface area contributed by atoms with Crippen LogP contribution in [-0.2, 0) is 62.0 Å². The summed E-state index contributed by atoms with van der Waals surface area (Å²) in [6.07, 6.45) is -6.61. The monoisotopic (exact) mass is 591 g/mol.